The highest BCUT2D eigenvalue weighted by Crippen LogP contribution is 2.34. The van der Waals surface area contributed by atoms with Crippen LogP contribution in [0.25, 0.3) is 0 Å². The van der Waals surface area contributed by atoms with Gasteiger partial charge < -0.3 is 15.2 Å². The molecule has 19 heavy (non-hydrogen) atoms. The molecule has 1 aromatic carbocycles. The first-order chi connectivity index (χ1) is 9.13. The number of hydrogen-bond donors (Lipinski definition) is 1. The van der Waals surface area contributed by atoms with E-state index in [2.05, 4.69) is 5.10 Å². The molecule has 0 amide bonds. The average molecular weight is 259 g/mol. The summed E-state index contributed by atoms with van der Waals surface area (Å²) in [4.78, 5) is 0. The molecule has 5 heteroatoms. The summed E-state index contributed by atoms with van der Waals surface area (Å²) >= 11 is 0. The van der Waals surface area contributed by atoms with Crippen molar-refractivity contribution in [2.45, 2.75) is 26.4 Å². The Morgan fingerprint density at radius 2 is 2.05 bits per heavy atom. The zero-order chi connectivity index (χ0) is 13.4. The van der Waals surface area contributed by atoms with Crippen LogP contribution in [-0.4, -0.2) is 16.6 Å². The summed E-state index contributed by atoms with van der Waals surface area (Å²) in [6.45, 7) is 4.95. The van der Waals surface area contributed by atoms with E-state index in [4.69, 9.17) is 15.2 Å². The van der Waals surface area contributed by atoms with Crippen molar-refractivity contribution < 1.29 is 9.47 Å². The average Bonchev–Trinajstić information content (AvgIpc) is 2.95. The van der Waals surface area contributed by atoms with E-state index >= 15 is 0 Å². The number of aromatic nitrogens is 2. The lowest BCUT2D eigenvalue weighted by molar-refractivity contribution is 0.174. The smallest absolute Gasteiger partial charge is 0.231 e. The lowest BCUT2D eigenvalue weighted by Crippen LogP contribution is -2.19. The Labute approximate surface area is 111 Å². The van der Waals surface area contributed by atoms with Crippen molar-refractivity contribution in [3.05, 3.63) is 41.2 Å². The SMILES string of the molecule is Cc1cc(C)n(CC(N)c2ccc3c(c2)OCO3)n1. The number of hydrogen-bond acceptors (Lipinski definition) is 4. The highest BCUT2D eigenvalue weighted by atomic mass is 16.7. The van der Waals surface area contributed by atoms with Gasteiger partial charge in [0.1, 0.15) is 0 Å². The molecule has 2 heterocycles. The summed E-state index contributed by atoms with van der Waals surface area (Å²) < 4.78 is 12.6. The first-order valence-electron chi connectivity index (χ1n) is 6.29. The molecule has 1 atom stereocenters. The predicted octanol–water partition coefficient (Wildman–Crippen LogP) is 1.93. The maximum Gasteiger partial charge on any atom is 0.231 e. The number of nitrogens with two attached hydrogens (primary N) is 1. The van der Waals surface area contributed by atoms with Gasteiger partial charge in [-0.25, -0.2) is 0 Å². The topological polar surface area (TPSA) is 62.3 Å². The molecule has 1 aliphatic heterocycles. The lowest BCUT2D eigenvalue weighted by atomic mass is 10.1. The number of ether oxygens (including phenoxy) is 2. The van der Waals surface area contributed by atoms with Gasteiger partial charge in [-0.3, -0.25) is 4.68 Å². The molecule has 0 spiro atoms. The van der Waals surface area contributed by atoms with Crippen LogP contribution in [0, 0.1) is 13.8 Å². The summed E-state index contributed by atoms with van der Waals surface area (Å²) in [5.41, 5.74) is 9.40. The minimum Gasteiger partial charge on any atom is -0.454 e. The fourth-order valence-corrected chi connectivity index (χ4v) is 2.30. The van der Waals surface area contributed by atoms with Gasteiger partial charge in [-0.15, -0.1) is 0 Å². The molecule has 0 bridgehead atoms. The van der Waals surface area contributed by atoms with Gasteiger partial charge in [-0.1, -0.05) is 6.07 Å². The lowest BCUT2D eigenvalue weighted by Gasteiger charge is -2.14. The minimum atomic E-state index is -0.118. The van der Waals surface area contributed by atoms with Crippen LogP contribution in [0.3, 0.4) is 0 Å². The van der Waals surface area contributed by atoms with Crippen LogP contribution in [0.2, 0.25) is 0 Å². The Balaban J connectivity index is 1.80. The third-order valence-corrected chi connectivity index (χ3v) is 3.30. The zero-order valence-corrected chi connectivity index (χ0v) is 11.1. The molecule has 1 aliphatic rings. The van der Waals surface area contributed by atoms with E-state index in [0.29, 0.717) is 6.54 Å². The van der Waals surface area contributed by atoms with Crippen molar-refractivity contribution in [2.75, 3.05) is 6.79 Å². The van der Waals surface area contributed by atoms with Crippen LogP contribution in [0.4, 0.5) is 0 Å². The maximum atomic E-state index is 6.24. The van der Waals surface area contributed by atoms with Crippen LogP contribution in [0.15, 0.2) is 24.3 Å². The molecule has 5 nitrogen and oxygen atoms in total. The third kappa shape index (κ3) is 2.29. The van der Waals surface area contributed by atoms with Crippen LogP contribution in [0.1, 0.15) is 23.0 Å². The molecule has 0 fully saturated rings. The van der Waals surface area contributed by atoms with Crippen molar-refractivity contribution in [2.24, 2.45) is 5.73 Å². The van der Waals surface area contributed by atoms with E-state index in [1.807, 2.05) is 42.8 Å². The second-order valence-corrected chi connectivity index (χ2v) is 4.83. The maximum absolute atomic E-state index is 6.24. The molecule has 0 saturated carbocycles. The van der Waals surface area contributed by atoms with E-state index in [1.54, 1.807) is 0 Å². The van der Waals surface area contributed by atoms with Crippen molar-refractivity contribution in [1.29, 1.82) is 0 Å². The third-order valence-electron chi connectivity index (χ3n) is 3.30. The zero-order valence-electron chi connectivity index (χ0n) is 11.1. The Morgan fingerprint density at radius 1 is 1.26 bits per heavy atom. The number of aryl methyl sites for hydroxylation is 2. The summed E-state index contributed by atoms with van der Waals surface area (Å²) in [5, 5.41) is 4.43. The molecule has 0 radical (unpaired) electrons. The highest BCUT2D eigenvalue weighted by molar-refractivity contribution is 5.45. The number of nitrogens with zero attached hydrogens (tertiary/aromatic N) is 2. The van der Waals surface area contributed by atoms with E-state index in [9.17, 15) is 0 Å². The number of rotatable bonds is 3. The second kappa shape index (κ2) is 4.59. The Morgan fingerprint density at radius 3 is 2.79 bits per heavy atom. The normalized spacial score (nSPS) is 14.7. The molecular formula is C14H17N3O2. The fraction of sp³-hybridized carbons (Fsp3) is 0.357. The fourth-order valence-electron chi connectivity index (χ4n) is 2.30. The Hall–Kier alpha value is -2.01. The van der Waals surface area contributed by atoms with Crippen molar-refractivity contribution in [1.82, 2.24) is 9.78 Å². The van der Waals surface area contributed by atoms with Crippen LogP contribution in [0.5, 0.6) is 11.5 Å². The van der Waals surface area contributed by atoms with E-state index in [-0.39, 0.29) is 12.8 Å². The second-order valence-electron chi connectivity index (χ2n) is 4.83. The summed E-state index contributed by atoms with van der Waals surface area (Å²) in [7, 11) is 0. The molecular weight excluding hydrogens is 242 g/mol. The van der Waals surface area contributed by atoms with Gasteiger partial charge in [0.05, 0.1) is 12.2 Å². The first kappa shape index (κ1) is 12.0. The van der Waals surface area contributed by atoms with E-state index in [1.165, 1.54) is 0 Å². The molecule has 100 valence electrons. The number of benzene rings is 1. The predicted molar refractivity (Wildman–Crippen MR) is 71.2 cm³/mol. The van der Waals surface area contributed by atoms with Gasteiger partial charge >= 0.3 is 0 Å². The van der Waals surface area contributed by atoms with Gasteiger partial charge in [-0.2, -0.15) is 5.10 Å². The van der Waals surface area contributed by atoms with Crippen LogP contribution in [-0.2, 0) is 6.54 Å². The summed E-state index contributed by atoms with van der Waals surface area (Å²) in [6, 6.07) is 7.75. The molecule has 2 N–H and O–H groups in total. The van der Waals surface area contributed by atoms with Crippen molar-refractivity contribution in [3.8, 4) is 11.5 Å². The Bertz CT molecular complexity index is 607. The molecule has 0 saturated heterocycles. The van der Waals surface area contributed by atoms with E-state index < -0.39 is 0 Å². The van der Waals surface area contributed by atoms with Gasteiger partial charge in [0.2, 0.25) is 6.79 Å². The largest absolute Gasteiger partial charge is 0.454 e. The van der Waals surface area contributed by atoms with Crippen LogP contribution < -0.4 is 15.2 Å². The standard InChI is InChI=1S/C14H17N3O2/c1-9-5-10(2)17(16-9)7-12(15)11-3-4-13-14(6-11)19-8-18-13/h3-6,12H,7-8,15H2,1-2H3. The van der Waals surface area contributed by atoms with Crippen LogP contribution >= 0.6 is 0 Å². The van der Waals surface area contributed by atoms with Gasteiger partial charge in [0.25, 0.3) is 0 Å². The van der Waals surface area contributed by atoms with Gasteiger partial charge in [0.15, 0.2) is 11.5 Å². The first-order valence-corrected chi connectivity index (χ1v) is 6.29. The van der Waals surface area contributed by atoms with Crippen molar-refractivity contribution >= 4 is 0 Å². The molecule has 1 aromatic heterocycles. The Kier molecular flexibility index (Phi) is 2.91. The quantitative estimate of drug-likeness (QED) is 0.914. The van der Waals surface area contributed by atoms with E-state index in [0.717, 1.165) is 28.5 Å². The van der Waals surface area contributed by atoms with Gasteiger partial charge in [-0.05, 0) is 37.6 Å². The molecule has 2 aromatic rings. The number of fused-ring (bicyclic) bond motifs is 1. The summed E-state index contributed by atoms with van der Waals surface area (Å²) in [5.74, 6) is 1.54. The summed E-state index contributed by atoms with van der Waals surface area (Å²) in [6.07, 6.45) is 0. The molecule has 0 aliphatic carbocycles. The van der Waals surface area contributed by atoms with Crippen molar-refractivity contribution in [3.63, 3.8) is 0 Å². The molecule has 1 unspecified atom stereocenters. The van der Waals surface area contributed by atoms with Gasteiger partial charge in [0, 0.05) is 11.7 Å². The minimum absolute atomic E-state index is 0.118. The molecule has 3 rings (SSSR count). The highest BCUT2D eigenvalue weighted by Gasteiger charge is 2.16. The monoisotopic (exact) mass is 259 g/mol.